The van der Waals surface area contributed by atoms with Crippen LogP contribution in [-0.4, -0.2) is 27.1 Å². The lowest BCUT2D eigenvalue weighted by molar-refractivity contribution is -0.114. The SMILES string of the molecule is CCc1ccc(N(CC(=O)Nc2c(F)cccc2F)S(C)(=O)=O)cc1. The molecule has 0 saturated carbocycles. The lowest BCUT2D eigenvalue weighted by Gasteiger charge is -2.22. The van der Waals surface area contributed by atoms with Gasteiger partial charge in [0.15, 0.2) is 0 Å². The molecular formula is C17H18F2N2O3S. The van der Waals surface area contributed by atoms with Crippen molar-refractivity contribution in [2.75, 3.05) is 22.4 Å². The third kappa shape index (κ3) is 4.76. The van der Waals surface area contributed by atoms with Crippen molar-refractivity contribution < 1.29 is 22.0 Å². The average Bonchev–Trinajstić information content (AvgIpc) is 2.55. The lowest BCUT2D eigenvalue weighted by Crippen LogP contribution is -2.37. The molecule has 0 unspecified atom stereocenters. The van der Waals surface area contributed by atoms with Gasteiger partial charge in [-0.15, -0.1) is 0 Å². The highest BCUT2D eigenvalue weighted by molar-refractivity contribution is 7.92. The van der Waals surface area contributed by atoms with Crippen LogP contribution < -0.4 is 9.62 Å². The van der Waals surface area contributed by atoms with Gasteiger partial charge in [0.1, 0.15) is 23.9 Å². The molecule has 0 radical (unpaired) electrons. The summed E-state index contributed by atoms with van der Waals surface area (Å²) >= 11 is 0. The highest BCUT2D eigenvalue weighted by atomic mass is 32.2. The van der Waals surface area contributed by atoms with Gasteiger partial charge in [0.2, 0.25) is 15.9 Å². The third-order valence-corrected chi connectivity index (χ3v) is 4.69. The Bertz CT molecular complexity index is 848. The van der Waals surface area contributed by atoms with E-state index in [0.717, 1.165) is 34.7 Å². The fraction of sp³-hybridized carbons (Fsp3) is 0.235. The molecule has 0 aliphatic heterocycles. The second-order valence-electron chi connectivity index (χ2n) is 5.43. The molecular weight excluding hydrogens is 350 g/mol. The molecule has 1 amide bonds. The van der Waals surface area contributed by atoms with E-state index >= 15 is 0 Å². The summed E-state index contributed by atoms with van der Waals surface area (Å²) in [5.74, 6) is -2.73. The fourth-order valence-electron chi connectivity index (χ4n) is 2.22. The minimum atomic E-state index is -3.76. The van der Waals surface area contributed by atoms with E-state index in [-0.39, 0.29) is 0 Å². The Kier molecular flexibility index (Phi) is 5.73. The number of nitrogens with zero attached hydrogens (tertiary/aromatic N) is 1. The molecule has 1 N–H and O–H groups in total. The highest BCUT2D eigenvalue weighted by Crippen LogP contribution is 2.21. The first kappa shape index (κ1) is 18.9. The van der Waals surface area contributed by atoms with E-state index in [1.807, 2.05) is 6.92 Å². The first-order chi connectivity index (χ1) is 11.7. The Morgan fingerprint density at radius 1 is 1.08 bits per heavy atom. The van der Waals surface area contributed by atoms with Gasteiger partial charge < -0.3 is 5.32 Å². The molecule has 0 aromatic heterocycles. The van der Waals surface area contributed by atoms with E-state index in [9.17, 15) is 22.0 Å². The Morgan fingerprint density at radius 2 is 1.64 bits per heavy atom. The molecule has 0 heterocycles. The summed E-state index contributed by atoms with van der Waals surface area (Å²) in [7, 11) is -3.76. The largest absolute Gasteiger partial charge is 0.320 e. The van der Waals surface area contributed by atoms with Gasteiger partial charge in [0.25, 0.3) is 0 Å². The molecule has 2 rings (SSSR count). The van der Waals surface area contributed by atoms with Crippen LogP contribution >= 0.6 is 0 Å². The van der Waals surface area contributed by atoms with E-state index in [1.54, 1.807) is 24.3 Å². The van der Waals surface area contributed by atoms with Crippen LogP contribution in [0, 0.1) is 11.6 Å². The summed E-state index contributed by atoms with van der Waals surface area (Å²) in [6, 6.07) is 9.82. The summed E-state index contributed by atoms with van der Waals surface area (Å²) < 4.78 is 52.1. The van der Waals surface area contributed by atoms with Crippen molar-refractivity contribution in [2.45, 2.75) is 13.3 Å². The van der Waals surface area contributed by atoms with E-state index in [2.05, 4.69) is 5.32 Å². The molecule has 134 valence electrons. The number of sulfonamides is 1. The van der Waals surface area contributed by atoms with Crippen LogP contribution in [0.1, 0.15) is 12.5 Å². The molecule has 25 heavy (non-hydrogen) atoms. The van der Waals surface area contributed by atoms with Crippen LogP contribution in [0.15, 0.2) is 42.5 Å². The lowest BCUT2D eigenvalue weighted by atomic mass is 10.1. The number of amides is 1. The molecule has 0 aliphatic rings. The number of nitrogens with one attached hydrogen (secondary N) is 1. The maximum atomic E-state index is 13.6. The first-order valence-corrected chi connectivity index (χ1v) is 9.37. The number of aryl methyl sites for hydroxylation is 1. The Labute approximate surface area is 145 Å². The zero-order valence-corrected chi connectivity index (χ0v) is 14.6. The molecule has 0 saturated heterocycles. The number of hydrogen-bond acceptors (Lipinski definition) is 3. The molecule has 0 aliphatic carbocycles. The zero-order valence-electron chi connectivity index (χ0n) is 13.8. The number of rotatable bonds is 6. The predicted octanol–water partition coefficient (Wildman–Crippen LogP) is 2.93. The number of halogens is 2. The van der Waals surface area contributed by atoms with Crippen molar-refractivity contribution in [1.29, 1.82) is 0 Å². The average molecular weight is 368 g/mol. The number of benzene rings is 2. The van der Waals surface area contributed by atoms with Crippen molar-refractivity contribution in [3.05, 3.63) is 59.7 Å². The van der Waals surface area contributed by atoms with Crippen molar-refractivity contribution in [2.24, 2.45) is 0 Å². The summed E-state index contributed by atoms with van der Waals surface area (Å²) in [5.41, 5.74) is 0.696. The summed E-state index contributed by atoms with van der Waals surface area (Å²) in [5, 5.41) is 2.08. The van der Waals surface area contributed by atoms with Crippen LogP contribution in [0.3, 0.4) is 0 Å². The molecule has 0 bridgehead atoms. The molecule has 8 heteroatoms. The molecule has 0 atom stereocenters. The van der Waals surface area contributed by atoms with Crippen molar-refractivity contribution in [3.63, 3.8) is 0 Å². The molecule has 2 aromatic carbocycles. The fourth-order valence-corrected chi connectivity index (χ4v) is 3.08. The van der Waals surface area contributed by atoms with Crippen LogP contribution in [0.25, 0.3) is 0 Å². The van der Waals surface area contributed by atoms with Gasteiger partial charge in [-0.1, -0.05) is 25.1 Å². The third-order valence-electron chi connectivity index (χ3n) is 3.55. The summed E-state index contributed by atoms with van der Waals surface area (Å²) in [6.07, 6.45) is 1.74. The van der Waals surface area contributed by atoms with E-state index in [1.165, 1.54) is 6.07 Å². The van der Waals surface area contributed by atoms with Gasteiger partial charge in [-0.2, -0.15) is 0 Å². The quantitative estimate of drug-likeness (QED) is 0.853. The predicted molar refractivity (Wildman–Crippen MR) is 93.0 cm³/mol. The zero-order chi connectivity index (χ0) is 18.6. The van der Waals surface area contributed by atoms with Crippen LogP contribution in [0.2, 0.25) is 0 Å². The van der Waals surface area contributed by atoms with Gasteiger partial charge in [0, 0.05) is 0 Å². The van der Waals surface area contributed by atoms with Crippen LogP contribution in [0.5, 0.6) is 0 Å². The van der Waals surface area contributed by atoms with Gasteiger partial charge in [-0.05, 0) is 36.2 Å². The maximum Gasteiger partial charge on any atom is 0.245 e. The number of para-hydroxylation sites is 1. The molecule has 2 aromatic rings. The van der Waals surface area contributed by atoms with Gasteiger partial charge in [-0.3, -0.25) is 9.10 Å². The standard InChI is InChI=1S/C17H18F2N2O3S/c1-3-12-7-9-13(10-8-12)21(25(2,23)24)11-16(22)20-17-14(18)5-4-6-15(17)19/h4-10H,3,11H2,1-2H3,(H,20,22). The molecule has 5 nitrogen and oxygen atoms in total. The Balaban J connectivity index is 2.24. The first-order valence-electron chi connectivity index (χ1n) is 7.53. The monoisotopic (exact) mass is 368 g/mol. The second kappa shape index (κ2) is 7.60. The Hall–Kier alpha value is -2.48. The number of anilines is 2. The Morgan fingerprint density at radius 3 is 2.12 bits per heavy atom. The topological polar surface area (TPSA) is 66.5 Å². The van der Waals surface area contributed by atoms with Crippen molar-refractivity contribution in [1.82, 2.24) is 0 Å². The van der Waals surface area contributed by atoms with Crippen LogP contribution in [-0.2, 0) is 21.2 Å². The van der Waals surface area contributed by atoms with E-state index < -0.39 is 39.8 Å². The number of carbonyl (C=O) groups excluding carboxylic acids is 1. The minimum absolute atomic E-state index is 0.295. The van der Waals surface area contributed by atoms with Gasteiger partial charge in [0.05, 0.1) is 11.9 Å². The minimum Gasteiger partial charge on any atom is -0.320 e. The second-order valence-corrected chi connectivity index (χ2v) is 7.34. The van der Waals surface area contributed by atoms with Crippen molar-refractivity contribution >= 4 is 27.3 Å². The summed E-state index contributed by atoms with van der Waals surface area (Å²) in [6.45, 7) is 1.36. The number of hydrogen-bond donors (Lipinski definition) is 1. The number of carbonyl (C=O) groups is 1. The normalized spacial score (nSPS) is 11.2. The van der Waals surface area contributed by atoms with Crippen molar-refractivity contribution in [3.8, 4) is 0 Å². The van der Waals surface area contributed by atoms with E-state index in [4.69, 9.17) is 0 Å². The van der Waals surface area contributed by atoms with E-state index in [0.29, 0.717) is 5.69 Å². The van der Waals surface area contributed by atoms with Gasteiger partial charge >= 0.3 is 0 Å². The highest BCUT2D eigenvalue weighted by Gasteiger charge is 2.22. The maximum absolute atomic E-state index is 13.6. The van der Waals surface area contributed by atoms with Gasteiger partial charge in [-0.25, -0.2) is 17.2 Å². The summed E-state index contributed by atoms with van der Waals surface area (Å²) in [4.78, 5) is 12.1. The smallest absolute Gasteiger partial charge is 0.245 e. The molecule has 0 fully saturated rings. The molecule has 0 spiro atoms. The van der Waals surface area contributed by atoms with Crippen LogP contribution in [0.4, 0.5) is 20.2 Å².